The van der Waals surface area contributed by atoms with Crippen LogP contribution < -0.4 is 5.32 Å². The van der Waals surface area contributed by atoms with Crippen molar-refractivity contribution in [2.75, 3.05) is 20.6 Å². The zero-order chi connectivity index (χ0) is 13.0. The van der Waals surface area contributed by atoms with Crippen LogP contribution in [-0.2, 0) is 0 Å². The lowest BCUT2D eigenvalue weighted by Gasteiger charge is -2.26. The molecule has 0 saturated carbocycles. The van der Waals surface area contributed by atoms with Gasteiger partial charge in [0.25, 0.3) is 0 Å². The van der Waals surface area contributed by atoms with Crippen molar-refractivity contribution in [3.05, 3.63) is 35.4 Å². The molecule has 0 aromatic heterocycles. The highest BCUT2D eigenvalue weighted by Gasteiger charge is 2.18. The van der Waals surface area contributed by atoms with Crippen molar-refractivity contribution in [2.24, 2.45) is 0 Å². The van der Waals surface area contributed by atoms with Gasteiger partial charge in [-0.3, -0.25) is 0 Å². The molecule has 4 heteroatoms. The van der Waals surface area contributed by atoms with Crippen LogP contribution in [-0.4, -0.2) is 31.6 Å². The second-order valence-corrected chi connectivity index (χ2v) is 4.71. The van der Waals surface area contributed by atoms with Crippen LogP contribution in [0.4, 0.5) is 8.78 Å². The molecule has 1 aromatic rings. The summed E-state index contributed by atoms with van der Waals surface area (Å²) in [6, 6.07) is 3.97. The van der Waals surface area contributed by atoms with Gasteiger partial charge >= 0.3 is 0 Å². The molecule has 1 N–H and O–H groups in total. The predicted molar refractivity (Wildman–Crippen MR) is 65.9 cm³/mol. The summed E-state index contributed by atoms with van der Waals surface area (Å²) < 4.78 is 26.5. The van der Waals surface area contributed by atoms with E-state index in [1.54, 1.807) is 0 Å². The first-order chi connectivity index (χ1) is 7.91. The monoisotopic (exact) mass is 242 g/mol. The summed E-state index contributed by atoms with van der Waals surface area (Å²) in [4.78, 5) is 1.92. The summed E-state index contributed by atoms with van der Waals surface area (Å²) in [5.74, 6) is -1.03. The number of nitrogens with one attached hydrogen (secondary N) is 1. The highest BCUT2D eigenvalue weighted by Crippen LogP contribution is 2.21. The smallest absolute Gasteiger partial charge is 0.130 e. The maximum Gasteiger partial charge on any atom is 0.130 e. The van der Waals surface area contributed by atoms with Gasteiger partial charge < -0.3 is 10.2 Å². The zero-order valence-corrected chi connectivity index (χ0v) is 10.8. The topological polar surface area (TPSA) is 15.3 Å². The van der Waals surface area contributed by atoms with Crippen LogP contribution in [0.1, 0.15) is 25.5 Å². The van der Waals surface area contributed by atoms with Gasteiger partial charge in [0, 0.05) is 30.3 Å². The van der Waals surface area contributed by atoms with Crippen LogP contribution in [0, 0.1) is 11.6 Å². The van der Waals surface area contributed by atoms with Gasteiger partial charge in [-0.15, -0.1) is 0 Å². The third kappa shape index (κ3) is 4.06. The van der Waals surface area contributed by atoms with Crippen molar-refractivity contribution in [1.29, 1.82) is 0 Å². The van der Waals surface area contributed by atoms with Gasteiger partial charge in [-0.2, -0.15) is 0 Å². The fraction of sp³-hybridized carbons (Fsp3) is 0.538. The van der Waals surface area contributed by atoms with Gasteiger partial charge in [-0.25, -0.2) is 8.78 Å². The fourth-order valence-electron chi connectivity index (χ4n) is 1.69. The summed E-state index contributed by atoms with van der Waals surface area (Å²) in [6.07, 6.45) is 0. The van der Waals surface area contributed by atoms with E-state index in [-0.39, 0.29) is 6.04 Å². The minimum atomic E-state index is -0.541. The SMILES string of the molecule is CC(C)NCC(c1ccc(F)cc1F)N(C)C. The van der Waals surface area contributed by atoms with E-state index in [0.29, 0.717) is 18.2 Å². The molecule has 0 fully saturated rings. The lowest BCUT2D eigenvalue weighted by atomic mass is 10.0. The summed E-state index contributed by atoms with van der Waals surface area (Å²) in [6.45, 7) is 4.70. The molecule has 1 unspecified atom stereocenters. The summed E-state index contributed by atoms with van der Waals surface area (Å²) >= 11 is 0. The first-order valence-electron chi connectivity index (χ1n) is 5.76. The van der Waals surface area contributed by atoms with E-state index in [9.17, 15) is 8.78 Å². The van der Waals surface area contributed by atoms with Gasteiger partial charge in [0.05, 0.1) is 0 Å². The molecule has 0 aliphatic heterocycles. The Kier molecular flexibility index (Phi) is 5.02. The number of rotatable bonds is 5. The summed E-state index contributed by atoms with van der Waals surface area (Å²) in [5.41, 5.74) is 0.518. The van der Waals surface area contributed by atoms with Crippen molar-refractivity contribution in [3.8, 4) is 0 Å². The normalized spacial score (nSPS) is 13.4. The van der Waals surface area contributed by atoms with E-state index in [0.717, 1.165) is 6.07 Å². The number of benzene rings is 1. The molecule has 1 atom stereocenters. The summed E-state index contributed by atoms with van der Waals surface area (Å²) in [5, 5.41) is 3.27. The minimum absolute atomic E-state index is 0.0991. The van der Waals surface area contributed by atoms with Crippen LogP contribution in [0.2, 0.25) is 0 Å². The number of hydrogen-bond acceptors (Lipinski definition) is 2. The molecule has 0 radical (unpaired) electrons. The maximum atomic E-state index is 13.7. The van der Waals surface area contributed by atoms with E-state index < -0.39 is 11.6 Å². The molecule has 17 heavy (non-hydrogen) atoms. The zero-order valence-electron chi connectivity index (χ0n) is 10.8. The molecule has 1 aromatic carbocycles. The lowest BCUT2D eigenvalue weighted by molar-refractivity contribution is 0.276. The van der Waals surface area contributed by atoms with Gasteiger partial charge in [0.15, 0.2) is 0 Å². The van der Waals surface area contributed by atoms with E-state index in [2.05, 4.69) is 5.32 Å². The number of halogens is 2. The van der Waals surface area contributed by atoms with Gasteiger partial charge in [-0.1, -0.05) is 19.9 Å². The third-order valence-electron chi connectivity index (χ3n) is 2.66. The van der Waals surface area contributed by atoms with Crippen molar-refractivity contribution >= 4 is 0 Å². The highest BCUT2D eigenvalue weighted by atomic mass is 19.1. The highest BCUT2D eigenvalue weighted by molar-refractivity contribution is 5.22. The molecule has 0 bridgehead atoms. The van der Waals surface area contributed by atoms with Crippen LogP contribution >= 0.6 is 0 Å². The Labute approximate surface area is 102 Å². The maximum absolute atomic E-state index is 13.7. The fourth-order valence-corrected chi connectivity index (χ4v) is 1.69. The quantitative estimate of drug-likeness (QED) is 0.853. The molecular formula is C13H20F2N2. The molecule has 0 amide bonds. The van der Waals surface area contributed by atoms with Crippen molar-refractivity contribution < 1.29 is 8.78 Å². The minimum Gasteiger partial charge on any atom is -0.313 e. The van der Waals surface area contributed by atoms with E-state index in [4.69, 9.17) is 0 Å². The molecule has 0 saturated heterocycles. The largest absolute Gasteiger partial charge is 0.313 e. The molecule has 2 nitrogen and oxygen atoms in total. The first-order valence-corrected chi connectivity index (χ1v) is 5.76. The van der Waals surface area contributed by atoms with Crippen molar-refractivity contribution in [3.63, 3.8) is 0 Å². The van der Waals surface area contributed by atoms with Crippen molar-refractivity contribution in [1.82, 2.24) is 10.2 Å². The Morgan fingerprint density at radius 2 is 1.88 bits per heavy atom. The van der Waals surface area contributed by atoms with Gasteiger partial charge in [0.2, 0.25) is 0 Å². The second kappa shape index (κ2) is 6.07. The average molecular weight is 242 g/mol. The number of likely N-dealkylation sites (N-methyl/N-ethyl adjacent to an activating group) is 1. The first kappa shape index (κ1) is 14.1. The summed E-state index contributed by atoms with van der Waals surface area (Å²) in [7, 11) is 3.77. The predicted octanol–water partition coefficient (Wildman–Crippen LogP) is 2.57. The number of nitrogens with zero attached hydrogens (tertiary/aromatic N) is 1. The standard InChI is InChI=1S/C13H20F2N2/c1-9(2)16-8-13(17(3)4)11-6-5-10(14)7-12(11)15/h5-7,9,13,16H,8H2,1-4H3. The van der Waals surface area contributed by atoms with Crippen LogP contribution in [0.15, 0.2) is 18.2 Å². The molecular weight excluding hydrogens is 222 g/mol. The van der Waals surface area contributed by atoms with E-state index in [1.165, 1.54) is 12.1 Å². The Hall–Kier alpha value is -1.00. The molecule has 0 spiro atoms. The lowest BCUT2D eigenvalue weighted by Crippen LogP contribution is -2.34. The van der Waals surface area contributed by atoms with Crippen molar-refractivity contribution in [2.45, 2.75) is 25.9 Å². The Balaban J connectivity index is 2.89. The van der Waals surface area contributed by atoms with E-state index >= 15 is 0 Å². The number of hydrogen-bond donors (Lipinski definition) is 1. The van der Waals surface area contributed by atoms with Crippen LogP contribution in [0.25, 0.3) is 0 Å². The molecule has 0 aliphatic rings. The third-order valence-corrected chi connectivity index (χ3v) is 2.66. The van der Waals surface area contributed by atoms with Gasteiger partial charge in [-0.05, 0) is 20.2 Å². The molecule has 1 rings (SSSR count). The average Bonchev–Trinajstić information content (AvgIpc) is 2.20. The van der Waals surface area contributed by atoms with Crippen LogP contribution in [0.3, 0.4) is 0 Å². The molecule has 0 heterocycles. The molecule has 96 valence electrons. The molecule has 0 aliphatic carbocycles. The second-order valence-electron chi connectivity index (χ2n) is 4.71. The Morgan fingerprint density at radius 3 is 2.35 bits per heavy atom. The van der Waals surface area contributed by atoms with Gasteiger partial charge in [0.1, 0.15) is 11.6 Å². The van der Waals surface area contributed by atoms with E-state index in [1.807, 2.05) is 32.8 Å². The Morgan fingerprint density at radius 1 is 1.24 bits per heavy atom. The Bertz CT molecular complexity index is 364. The van der Waals surface area contributed by atoms with Crippen LogP contribution in [0.5, 0.6) is 0 Å².